The molecule has 0 fully saturated rings. The third-order valence-electron chi connectivity index (χ3n) is 4.33. The molecule has 0 radical (unpaired) electrons. The van der Waals surface area contributed by atoms with Crippen LogP contribution in [0.5, 0.6) is 0 Å². The van der Waals surface area contributed by atoms with Crippen LogP contribution in [-0.2, 0) is 21.2 Å². The summed E-state index contributed by atoms with van der Waals surface area (Å²) in [6.45, 7) is 5.45. The number of carbonyl (C=O) groups is 1. The molecule has 1 atom stereocenters. The second kappa shape index (κ2) is 10.1. The van der Waals surface area contributed by atoms with Crippen molar-refractivity contribution >= 4 is 33.4 Å². The lowest BCUT2D eigenvalue weighted by Gasteiger charge is -2.16. The molecule has 0 saturated heterocycles. The van der Waals surface area contributed by atoms with Crippen LogP contribution in [0.3, 0.4) is 0 Å². The summed E-state index contributed by atoms with van der Waals surface area (Å²) in [6, 6.07) is 14.6. The third-order valence-corrected chi connectivity index (χ3v) is 6.71. The SMILES string of the molecule is CSc1ccc(S(=O)(=O)N[C@@H](C)CCc2ccccc2)cc1NC(=O)C(C)C. The molecule has 0 bridgehead atoms. The Morgan fingerprint density at radius 3 is 2.36 bits per heavy atom. The van der Waals surface area contributed by atoms with Crippen LogP contribution in [0.25, 0.3) is 0 Å². The van der Waals surface area contributed by atoms with E-state index < -0.39 is 10.0 Å². The van der Waals surface area contributed by atoms with Gasteiger partial charge in [-0.1, -0.05) is 44.2 Å². The van der Waals surface area contributed by atoms with Crippen LogP contribution in [0, 0.1) is 5.92 Å². The molecule has 2 aromatic rings. The maximum Gasteiger partial charge on any atom is 0.240 e. The van der Waals surface area contributed by atoms with Gasteiger partial charge in [-0.25, -0.2) is 13.1 Å². The average molecular weight is 421 g/mol. The van der Waals surface area contributed by atoms with Gasteiger partial charge >= 0.3 is 0 Å². The number of carbonyl (C=O) groups excluding carboxylic acids is 1. The number of hydrogen-bond acceptors (Lipinski definition) is 4. The van der Waals surface area contributed by atoms with Crippen molar-refractivity contribution in [3.8, 4) is 0 Å². The average Bonchev–Trinajstić information content (AvgIpc) is 2.66. The molecule has 2 aromatic carbocycles. The van der Waals surface area contributed by atoms with Crippen molar-refractivity contribution in [2.24, 2.45) is 5.92 Å². The minimum Gasteiger partial charge on any atom is -0.325 e. The topological polar surface area (TPSA) is 75.3 Å². The Hall–Kier alpha value is -1.83. The minimum absolute atomic E-state index is 0.144. The van der Waals surface area contributed by atoms with Crippen LogP contribution >= 0.6 is 11.8 Å². The van der Waals surface area contributed by atoms with Gasteiger partial charge in [0.15, 0.2) is 0 Å². The molecule has 2 N–H and O–H groups in total. The van der Waals surface area contributed by atoms with Gasteiger partial charge in [-0.2, -0.15) is 0 Å². The number of rotatable bonds is 9. The lowest BCUT2D eigenvalue weighted by Crippen LogP contribution is -2.33. The molecule has 0 spiro atoms. The first-order valence-corrected chi connectivity index (χ1v) is 12.0. The summed E-state index contributed by atoms with van der Waals surface area (Å²) in [6.07, 6.45) is 3.38. The molecule has 7 heteroatoms. The Morgan fingerprint density at radius 1 is 1.07 bits per heavy atom. The Balaban J connectivity index is 2.12. The van der Waals surface area contributed by atoms with E-state index in [2.05, 4.69) is 10.0 Å². The number of thioether (sulfide) groups is 1. The first kappa shape index (κ1) is 22.5. The predicted molar refractivity (Wildman–Crippen MR) is 116 cm³/mol. The second-order valence-electron chi connectivity index (χ2n) is 7.05. The number of sulfonamides is 1. The molecule has 28 heavy (non-hydrogen) atoms. The highest BCUT2D eigenvalue weighted by atomic mass is 32.2. The highest BCUT2D eigenvalue weighted by Crippen LogP contribution is 2.28. The minimum atomic E-state index is -3.68. The van der Waals surface area contributed by atoms with Crippen LogP contribution < -0.4 is 10.0 Å². The van der Waals surface area contributed by atoms with Crippen LogP contribution in [0.1, 0.15) is 32.8 Å². The summed E-state index contributed by atoms with van der Waals surface area (Å²) < 4.78 is 28.3. The quantitative estimate of drug-likeness (QED) is 0.593. The van der Waals surface area contributed by atoms with Crippen molar-refractivity contribution in [3.63, 3.8) is 0 Å². The fourth-order valence-corrected chi connectivity index (χ4v) is 4.49. The summed E-state index contributed by atoms with van der Waals surface area (Å²) in [5.74, 6) is -0.333. The molecule has 2 rings (SSSR count). The van der Waals surface area contributed by atoms with E-state index in [1.54, 1.807) is 26.0 Å². The fraction of sp³-hybridized carbons (Fsp3) is 0.381. The van der Waals surface area contributed by atoms with E-state index >= 15 is 0 Å². The van der Waals surface area contributed by atoms with Gasteiger partial charge in [-0.05, 0) is 49.8 Å². The zero-order valence-corrected chi connectivity index (χ0v) is 18.4. The van der Waals surface area contributed by atoms with Crippen LogP contribution in [0.15, 0.2) is 58.3 Å². The molecule has 0 aliphatic heterocycles. The molecule has 0 aliphatic carbocycles. The molecule has 0 heterocycles. The smallest absolute Gasteiger partial charge is 0.240 e. The molecule has 0 saturated carbocycles. The van der Waals surface area contributed by atoms with Crippen molar-refractivity contribution < 1.29 is 13.2 Å². The van der Waals surface area contributed by atoms with E-state index in [1.165, 1.54) is 23.4 Å². The molecular weight excluding hydrogens is 392 g/mol. The maximum absolute atomic E-state index is 12.8. The number of anilines is 1. The van der Waals surface area contributed by atoms with Gasteiger partial charge in [-0.15, -0.1) is 11.8 Å². The van der Waals surface area contributed by atoms with Crippen LogP contribution in [0.2, 0.25) is 0 Å². The van der Waals surface area contributed by atoms with E-state index in [9.17, 15) is 13.2 Å². The third kappa shape index (κ3) is 6.36. The van der Waals surface area contributed by atoms with Crippen molar-refractivity contribution in [2.45, 2.75) is 49.4 Å². The second-order valence-corrected chi connectivity index (χ2v) is 9.61. The first-order chi connectivity index (χ1) is 13.2. The lowest BCUT2D eigenvalue weighted by molar-refractivity contribution is -0.118. The molecule has 0 unspecified atom stereocenters. The zero-order valence-electron chi connectivity index (χ0n) is 16.7. The van der Waals surface area contributed by atoms with E-state index in [-0.39, 0.29) is 22.8 Å². The largest absolute Gasteiger partial charge is 0.325 e. The summed E-state index contributed by atoms with van der Waals surface area (Å²) in [5.41, 5.74) is 1.70. The van der Waals surface area contributed by atoms with Gasteiger partial charge in [0, 0.05) is 16.9 Å². The first-order valence-electron chi connectivity index (χ1n) is 9.28. The summed E-state index contributed by atoms with van der Waals surface area (Å²) in [7, 11) is -3.68. The Bertz CT molecular complexity index is 897. The zero-order chi connectivity index (χ0) is 20.7. The standard InChI is InChI=1S/C21H28N2O3S2/c1-15(2)21(24)22-19-14-18(12-13-20(19)27-4)28(25,26)23-16(3)10-11-17-8-6-5-7-9-17/h5-9,12-16,23H,10-11H2,1-4H3,(H,22,24)/t16-/m0/s1. The fourth-order valence-electron chi connectivity index (χ4n) is 2.65. The highest BCUT2D eigenvalue weighted by molar-refractivity contribution is 7.98. The number of benzene rings is 2. The van der Waals surface area contributed by atoms with E-state index in [0.717, 1.165) is 11.3 Å². The van der Waals surface area contributed by atoms with Gasteiger partial charge < -0.3 is 5.32 Å². The highest BCUT2D eigenvalue weighted by Gasteiger charge is 2.20. The predicted octanol–water partition coefficient (Wildman–Crippen LogP) is 4.30. The number of hydrogen-bond donors (Lipinski definition) is 2. The Morgan fingerprint density at radius 2 is 1.75 bits per heavy atom. The molecular formula is C21H28N2O3S2. The van der Waals surface area contributed by atoms with Crippen LogP contribution in [0.4, 0.5) is 5.69 Å². The maximum atomic E-state index is 12.8. The van der Waals surface area contributed by atoms with E-state index in [1.807, 2.05) is 43.5 Å². The molecule has 152 valence electrons. The van der Waals surface area contributed by atoms with Gasteiger partial charge in [0.25, 0.3) is 0 Å². The van der Waals surface area contributed by atoms with E-state index in [4.69, 9.17) is 0 Å². The van der Waals surface area contributed by atoms with Crippen molar-refractivity contribution in [1.29, 1.82) is 0 Å². The van der Waals surface area contributed by atoms with Crippen molar-refractivity contribution in [3.05, 3.63) is 54.1 Å². The normalized spacial score (nSPS) is 12.8. The van der Waals surface area contributed by atoms with Crippen LogP contribution in [-0.4, -0.2) is 26.6 Å². The molecule has 0 aliphatic rings. The van der Waals surface area contributed by atoms with Crippen molar-refractivity contribution in [2.75, 3.05) is 11.6 Å². The summed E-state index contributed by atoms with van der Waals surface area (Å²) >= 11 is 1.46. The monoisotopic (exact) mass is 420 g/mol. The lowest BCUT2D eigenvalue weighted by atomic mass is 10.1. The molecule has 5 nitrogen and oxygen atoms in total. The summed E-state index contributed by atoms with van der Waals surface area (Å²) in [4.78, 5) is 13.0. The van der Waals surface area contributed by atoms with Gasteiger partial charge in [0.1, 0.15) is 0 Å². The Labute approximate surface area is 172 Å². The van der Waals surface area contributed by atoms with Gasteiger partial charge in [0.05, 0.1) is 10.6 Å². The molecule has 0 aromatic heterocycles. The number of aryl methyl sites for hydroxylation is 1. The van der Waals surface area contributed by atoms with Crippen molar-refractivity contribution in [1.82, 2.24) is 4.72 Å². The number of amides is 1. The van der Waals surface area contributed by atoms with E-state index in [0.29, 0.717) is 12.1 Å². The van der Waals surface area contributed by atoms with Gasteiger partial charge in [-0.3, -0.25) is 4.79 Å². The van der Waals surface area contributed by atoms with Gasteiger partial charge in [0.2, 0.25) is 15.9 Å². The summed E-state index contributed by atoms with van der Waals surface area (Å²) in [5, 5.41) is 2.82. The number of nitrogens with one attached hydrogen (secondary N) is 2. The molecule has 1 amide bonds. The Kier molecular flexibility index (Phi) is 8.10.